The molecule has 2 heteroatoms. The molecular formula is C10H12N2. The van der Waals surface area contributed by atoms with Gasteiger partial charge in [-0.3, -0.25) is 4.98 Å². The molecular weight excluding hydrogens is 148 g/mol. The first-order chi connectivity index (χ1) is 5.92. The molecule has 0 spiro atoms. The van der Waals surface area contributed by atoms with Gasteiger partial charge >= 0.3 is 0 Å². The molecule has 1 aromatic rings. The monoisotopic (exact) mass is 160 g/mol. The van der Waals surface area contributed by atoms with Gasteiger partial charge in [0.1, 0.15) is 0 Å². The van der Waals surface area contributed by atoms with Crippen molar-refractivity contribution in [3.63, 3.8) is 0 Å². The Labute approximate surface area is 72.0 Å². The molecule has 2 fully saturated rings. The van der Waals surface area contributed by atoms with E-state index in [0.717, 1.165) is 5.92 Å². The van der Waals surface area contributed by atoms with Crippen molar-refractivity contribution < 1.29 is 0 Å². The van der Waals surface area contributed by atoms with Gasteiger partial charge < -0.3 is 5.32 Å². The average molecular weight is 160 g/mol. The molecule has 0 radical (unpaired) electrons. The zero-order valence-electron chi connectivity index (χ0n) is 6.96. The van der Waals surface area contributed by atoms with Crippen molar-refractivity contribution in [2.45, 2.75) is 11.8 Å². The smallest absolute Gasteiger partial charge is 0.0270 e. The second-order valence-corrected chi connectivity index (χ2v) is 3.92. The van der Waals surface area contributed by atoms with E-state index in [1.807, 2.05) is 12.4 Å². The van der Waals surface area contributed by atoms with E-state index >= 15 is 0 Å². The first-order valence-electron chi connectivity index (χ1n) is 4.53. The number of fused-ring (bicyclic) bond motifs is 1. The number of nitrogens with one attached hydrogen (secondary N) is 1. The second-order valence-electron chi connectivity index (χ2n) is 3.92. The van der Waals surface area contributed by atoms with E-state index in [-0.39, 0.29) is 0 Å². The van der Waals surface area contributed by atoms with Crippen molar-refractivity contribution in [3.05, 3.63) is 30.1 Å². The van der Waals surface area contributed by atoms with E-state index in [1.165, 1.54) is 25.1 Å². The van der Waals surface area contributed by atoms with Crippen LogP contribution in [0.2, 0.25) is 0 Å². The van der Waals surface area contributed by atoms with E-state index in [0.29, 0.717) is 5.41 Å². The second kappa shape index (κ2) is 2.07. The van der Waals surface area contributed by atoms with Crippen LogP contribution < -0.4 is 5.32 Å². The largest absolute Gasteiger partial charge is 0.316 e. The summed E-state index contributed by atoms with van der Waals surface area (Å²) in [5, 5.41) is 3.44. The first-order valence-corrected chi connectivity index (χ1v) is 4.53. The Morgan fingerprint density at radius 3 is 2.83 bits per heavy atom. The molecule has 0 aromatic carbocycles. The lowest BCUT2D eigenvalue weighted by Crippen LogP contribution is -2.19. The Kier molecular flexibility index (Phi) is 1.14. The average Bonchev–Trinajstić information content (AvgIpc) is 2.72. The summed E-state index contributed by atoms with van der Waals surface area (Å²) in [5.41, 5.74) is 1.98. The number of pyridine rings is 1. The standard InChI is InChI=1S/C10H12N2/c1-3-11-4-2-8(1)10-5-9(10)6-12-7-10/h1-4,9,12H,5-7H2/t9-,10+/m0/s1. The van der Waals surface area contributed by atoms with Crippen LogP contribution in [0.15, 0.2) is 24.5 Å². The van der Waals surface area contributed by atoms with Gasteiger partial charge in [-0.2, -0.15) is 0 Å². The highest BCUT2D eigenvalue weighted by atomic mass is 15.0. The maximum Gasteiger partial charge on any atom is 0.0270 e. The van der Waals surface area contributed by atoms with Crippen LogP contribution in [0.5, 0.6) is 0 Å². The molecule has 12 heavy (non-hydrogen) atoms. The lowest BCUT2D eigenvalue weighted by molar-refractivity contribution is 0.675. The predicted molar refractivity (Wildman–Crippen MR) is 46.9 cm³/mol. The summed E-state index contributed by atoms with van der Waals surface area (Å²) in [6, 6.07) is 4.32. The highest BCUT2D eigenvalue weighted by Crippen LogP contribution is 2.56. The quantitative estimate of drug-likeness (QED) is 0.661. The number of nitrogens with zero attached hydrogens (tertiary/aromatic N) is 1. The van der Waals surface area contributed by atoms with Crippen LogP contribution in [-0.4, -0.2) is 18.1 Å². The van der Waals surface area contributed by atoms with Gasteiger partial charge in [0.15, 0.2) is 0 Å². The minimum atomic E-state index is 0.503. The summed E-state index contributed by atoms with van der Waals surface area (Å²) < 4.78 is 0. The van der Waals surface area contributed by atoms with Gasteiger partial charge in [0, 0.05) is 24.4 Å². The summed E-state index contributed by atoms with van der Waals surface area (Å²) in [7, 11) is 0. The van der Waals surface area contributed by atoms with Gasteiger partial charge in [-0.25, -0.2) is 0 Å². The lowest BCUT2D eigenvalue weighted by atomic mass is 9.96. The van der Waals surface area contributed by atoms with Crippen LogP contribution in [0.3, 0.4) is 0 Å². The molecule has 0 bridgehead atoms. The summed E-state index contributed by atoms with van der Waals surface area (Å²) in [4.78, 5) is 4.05. The van der Waals surface area contributed by atoms with Crippen LogP contribution in [0.25, 0.3) is 0 Å². The Morgan fingerprint density at radius 2 is 2.25 bits per heavy atom. The zero-order chi connectivity index (χ0) is 8.02. The van der Waals surface area contributed by atoms with E-state index < -0.39 is 0 Å². The normalized spacial score (nSPS) is 37.8. The Hall–Kier alpha value is -0.890. The van der Waals surface area contributed by atoms with Crippen molar-refractivity contribution in [3.8, 4) is 0 Å². The van der Waals surface area contributed by atoms with Crippen molar-refractivity contribution in [1.29, 1.82) is 0 Å². The molecule has 2 heterocycles. The molecule has 2 atom stereocenters. The highest BCUT2D eigenvalue weighted by Gasteiger charge is 2.57. The molecule has 0 unspecified atom stereocenters. The van der Waals surface area contributed by atoms with Crippen molar-refractivity contribution in [2.75, 3.05) is 13.1 Å². The summed E-state index contributed by atoms with van der Waals surface area (Å²) in [5.74, 6) is 0.903. The molecule has 1 aliphatic carbocycles. The number of hydrogen-bond donors (Lipinski definition) is 1. The number of piperidine rings is 1. The fraction of sp³-hybridized carbons (Fsp3) is 0.500. The fourth-order valence-corrected chi connectivity index (χ4v) is 2.47. The van der Waals surface area contributed by atoms with Crippen LogP contribution >= 0.6 is 0 Å². The third kappa shape index (κ3) is 0.707. The number of hydrogen-bond acceptors (Lipinski definition) is 2. The zero-order valence-corrected chi connectivity index (χ0v) is 6.96. The SMILES string of the molecule is c1cc([C@@]23CNC[C@@H]2C3)ccn1. The van der Waals surface area contributed by atoms with Gasteiger partial charge in [0.05, 0.1) is 0 Å². The number of aromatic nitrogens is 1. The van der Waals surface area contributed by atoms with Gasteiger partial charge in [-0.15, -0.1) is 0 Å². The Morgan fingerprint density at radius 1 is 1.42 bits per heavy atom. The van der Waals surface area contributed by atoms with Gasteiger partial charge in [0.2, 0.25) is 0 Å². The molecule has 2 aliphatic rings. The molecule has 1 aromatic heterocycles. The minimum Gasteiger partial charge on any atom is -0.316 e. The highest BCUT2D eigenvalue weighted by molar-refractivity contribution is 5.35. The fourth-order valence-electron chi connectivity index (χ4n) is 2.47. The Bertz CT molecular complexity index is 296. The molecule has 1 N–H and O–H groups in total. The number of rotatable bonds is 1. The van der Waals surface area contributed by atoms with Gasteiger partial charge in [-0.1, -0.05) is 0 Å². The van der Waals surface area contributed by atoms with Crippen molar-refractivity contribution in [1.82, 2.24) is 10.3 Å². The van der Waals surface area contributed by atoms with Crippen LogP contribution in [0, 0.1) is 5.92 Å². The van der Waals surface area contributed by atoms with Crippen LogP contribution in [-0.2, 0) is 5.41 Å². The van der Waals surface area contributed by atoms with E-state index in [4.69, 9.17) is 0 Å². The summed E-state index contributed by atoms with van der Waals surface area (Å²) in [6.45, 7) is 2.38. The maximum atomic E-state index is 4.05. The molecule has 3 rings (SSSR count). The molecule has 2 nitrogen and oxygen atoms in total. The first kappa shape index (κ1) is 6.61. The van der Waals surface area contributed by atoms with Gasteiger partial charge in [0.25, 0.3) is 0 Å². The third-order valence-corrected chi connectivity index (χ3v) is 3.32. The Balaban J connectivity index is 2.00. The van der Waals surface area contributed by atoms with Crippen molar-refractivity contribution in [2.24, 2.45) is 5.92 Å². The third-order valence-electron chi connectivity index (χ3n) is 3.32. The predicted octanol–water partition coefficient (Wildman–Crippen LogP) is 0.942. The van der Waals surface area contributed by atoms with E-state index in [2.05, 4.69) is 22.4 Å². The summed E-state index contributed by atoms with van der Waals surface area (Å²) >= 11 is 0. The summed E-state index contributed by atoms with van der Waals surface area (Å²) in [6.07, 6.45) is 5.18. The minimum absolute atomic E-state index is 0.503. The topological polar surface area (TPSA) is 24.9 Å². The van der Waals surface area contributed by atoms with Crippen LogP contribution in [0.1, 0.15) is 12.0 Å². The molecule has 1 saturated heterocycles. The van der Waals surface area contributed by atoms with Crippen molar-refractivity contribution >= 4 is 0 Å². The molecule has 1 aliphatic heterocycles. The van der Waals surface area contributed by atoms with E-state index in [9.17, 15) is 0 Å². The van der Waals surface area contributed by atoms with Gasteiger partial charge in [-0.05, 0) is 36.6 Å². The maximum absolute atomic E-state index is 4.05. The molecule has 1 saturated carbocycles. The van der Waals surface area contributed by atoms with E-state index in [1.54, 1.807) is 0 Å². The molecule has 62 valence electrons. The lowest BCUT2D eigenvalue weighted by Gasteiger charge is -2.10. The van der Waals surface area contributed by atoms with Crippen LogP contribution in [0.4, 0.5) is 0 Å². The molecule has 0 amide bonds.